The first-order chi connectivity index (χ1) is 15.9. The van der Waals surface area contributed by atoms with Gasteiger partial charge in [0.2, 0.25) is 11.8 Å². The number of rotatable bonds is 9. The number of fused-ring (bicyclic) bond motifs is 1. The van der Waals surface area contributed by atoms with E-state index >= 15 is 0 Å². The van der Waals surface area contributed by atoms with E-state index in [1.807, 2.05) is 13.8 Å². The van der Waals surface area contributed by atoms with E-state index in [-0.39, 0.29) is 30.9 Å². The quantitative estimate of drug-likeness (QED) is 0.431. The number of nitrogens with zero attached hydrogens (tertiary/aromatic N) is 2. The van der Waals surface area contributed by atoms with Crippen molar-refractivity contribution in [2.24, 2.45) is 17.8 Å². The second-order valence-electron chi connectivity index (χ2n) is 9.79. The molecule has 0 aromatic rings. The van der Waals surface area contributed by atoms with Crippen LogP contribution < -0.4 is 5.32 Å². The first-order valence-electron chi connectivity index (χ1n) is 12.2. The largest absolute Gasteiger partial charge is 0.466 e. The number of amides is 2. The number of hydrogen-bond donors (Lipinski definition) is 2. The van der Waals surface area contributed by atoms with E-state index in [2.05, 4.69) is 10.2 Å². The molecule has 6 atom stereocenters. The van der Waals surface area contributed by atoms with E-state index in [0.29, 0.717) is 39.1 Å². The summed E-state index contributed by atoms with van der Waals surface area (Å²) in [6.07, 6.45) is 0.706. The number of likely N-dealkylation sites (tertiary alicyclic amines) is 1. The summed E-state index contributed by atoms with van der Waals surface area (Å²) in [7, 11) is 0. The molecule has 0 saturated carbocycles. The van der Waals surface area contributed by atoms with Crippen LogP contribution in [-0.4, -0.2) is 109 Å². The average Bonchev–Trinajstić information content (AvgIpc) is 3.43. The lowest BCUT2D eigenvalue weighted by molar-refractivity contribution is -0.155. The van der Waals surface area contributed by atoms with Gasteiger partial charge in [0, 0.05) is 26.2 Å². The molecule has 4 fully saturated rings. The zero-order chi connectivity index (χ0) is 23.8. The number of carbonyl (C=O) groups is 3. The van der Waals surface area contributed by atoms with Crippen molar-refractivity contribution in [3.63, 3.8) is 0 Å². The summed E-state index contributed by atoms with van der Waals surface area (Å²) in [5, 5.41) is 13.1. The molecule has 10 nitrogen and oxygen atoms in total. The molecule has 0 aromatic heterocycles. The molecule has 1 spiro atoms. The highest BCUT2D eigenvalue weighted by Crippen LogP contribution is 2.59. The standard InChI is InChI=1S/C23H37N3O7/c1-4-32-22(30)17-16-5-6-23(33-16)18(17)21(29)26(15(13-27)14(2)3)19(23)20(28)24-7-8-25-9-11-31-12-10-25/h14-19,27H,4-13H2,1-3H3,(H,24,28)/t15-,16-,17+,18-,19?,23?/m0/s1. The molecule has 2 amide bonds. The van der Waals surface area contributed by atoms with Crippen molar-refractivity contribution >= 4 is 17.8 Å². The third-order valence-corrected chi connectivity index (χ3v) is 7.69. The Balaban J connectivity index is 1.59. The molecule has 4 rings (SSSR count). The van der Waals surface area contributed by atoms with E-state index in [0.717, 1.165) is 13.1 Å². The fourth-order valence-corrected chi connectivity index (χ4v) is 6.13. The third-order valence-electron chi connectivity index (χ3n) is 7.69. The van der Waals surface area contributed by atoms with E-state index in [1.54, 1.807) is 6.92 Å². The molecule has 4 aliphatic rings. The van der Waals surface area contributed by atoms with Gasteiger partial charge in [-0.2, -0.15) is 0 Å². The maximum absolute atomic E-state index is 13.8. The van der Waals surface area contributed by atoms with Crippen LogP contribution >= 0.6 is 0 Å². The van der Waals surface area contributed by atoms with Crippen LogP contribution in [0.1, 0.15) is 33.6 Å². The van der Waals surface area contributed by atoms with E-state index < -0.39 is 41.6 Å². The molecular formula is C23H37N3O7. The zero-order valence-electron chi connectivity index (χ0n) is 19.8. The normalized spacial score (nSPS) is 34.6. The fourth-order valence-electron chi connectivity index (χ4n) is 6.13. The molecule has 4 heterocycles. The monoisotopic (exact) mass is 467 g/mol. The Kier molecular flexibility index (Phi) is 7.28. The van der Waals surface area contributed by atoms with E-state index in [1.165, 1.54) is 4.90 Å². The van der Waals surface area contributed by atoms with Crippen molar-refractivity contribution in [1.29, 1.82) is 0 Å². The molecule has 4 saturated heterocycles. The van der Waals surface area contributed by atoms with Crippen molar-refractivity contribution in [3.05, 3.63) is 0 Å². The first-order valence-corrected chi connectivity index (χ1v) is 12.2. The molecule has 2 unspecified atom stereocenters. The summed E-state index contributed by atoms with van der Waals surface area (Å²) in [6.45, 7) is 9.64. The SMILES string of the molecule is CCOC(=O)[C@@H]1[C@@H]2CCC3(O2)C(C(=O)NCCN2CCOCC2)N([C@@H](CO)C(C)C)C(=O)[C@H]13. The van der Waals surface area contributed by atoms with Gasteiger partial charge in [-0.15, -0.1) is 0 Å². The topological polar surface area (TPSA) is 118 Å². The summed E-state index contributed by atoms with van der Waals surface area (Å²) in [5.74, 6) is -2.58. The smallest absolute Gasteiger partial charge is 0.312 e. The molecule has 0 radical (unpaired) electrons. The second kappa shape index (κ2) is 9.85. The van der Waals surface area contributed by atoms with Crippen molar-refractivity contribution in [1.82, 2.24) is 15.1 Å². The molecule has 0 aliphatic carbocycles. The number of morpholine rings is 1. The Labute approximate surface area is 194 Å². The van der Waals surface area contributed by atoms with Gasteiger partial charge in [-0.25, -0.2) is 0 Å². The number of esters is 1. The number of nitrogens with one attached hydrogen (secondary N) is 1. The van der Waals surface area contributed by atoms with Crippen LogP contribution in [0.2, 0.25) is 0 Å². The number of aliphatic hydroxyl groups is 1. The highest BCUT2D eigenvalue weighted by Gasteiger charge is 2.75. The maximum Gasteiger partial charge on any atom is 0.312 e. The lowest BCUT2D eigenvalue weighted by Crippen LogP contribution is -2.59. The maximum atomic E-state index is 13.8. The molecular weight excluding hydrogens is 430 g/mol. The van der Waals surface area contributed by atoms with Gasteiger partial charge in [0.15, 0.2) is 0 Å². The summed E-state index contributed by atoms with van der Waals surface area (Å²) in [5.41, 5.74) is -1.06. The predicted octanol–water partition coefficient (Wildman–Crippen LogP) is -0.611. The zero-order valence-corrected chi connectivity index (χ0v) is 19.8. The second-order valence-corrected chi connectivity index (χ2v) is 9.79. The Morgan fingerprint density at radius 3 is 2.67 bits per heavy atom. The summed E-state index contributed by atoms with van der Waals surface area (Å²) in [6, 6.07) is -1.43. The summed E-state index contributed by atoms with van der Waals surface area (Å²) in [4.78, 5) is 43.9. The van der Waals surface area contributed by atoms with Crippen LogP contribution in [0.3, 0.4) is 0 Å². The van der Waals surface area contributed by atoms with Gasteiger partial charge in [-0.05, 0) is 25.7 Å². The molecule has 4 aliphatic heterocycles. The lowest BCUT2D eigenvalue weighted by Gasteiger charge is -2.38. The van der Waals surface area contributed by atoms with Gasteiger partial charge in [-0.1, -0.05) is 13.8 Å². The van der Waals surface area contributed by atoms with Gasteiger partial charge in [0.25, 0.3) is 0 Å². The summed E-state index contributed by atoms with van der Waals surface area (Å²) >= 11 is 0. The van der Waals surface area contributed by atoms with Gasteiger partial charge >= 0.3 is 5.97 Å². The Bertz CT molecular complexity index is 756. The molecule has 33 heavy (non-hydrogen) atoms. The molecule has 10 heteroatoms. The Morgan fingerprint density at radius 1 is 1.30 bits per heavy atom. The van der Waals surface area contributed by atoms with E-state index in [9.17, 15) is 19.5 Å². The molecule has 2 N–H and O–H groups in total. The van der Waals surface area contributed by atoms with Crippen LogP contribution in [0.15, 0.2) is 0 Å². The molecule has 186 valence electrons. The van der Waals surface area contributed by atoms with Crippen LogP contribution in [0.25, 0.3) is 0 Å². The van der Waals surface area contributed by atoms with Crippen molar-refractivity contribution in [3.8, 4) is 0 Å². The number of ether oxygens (including phenoxy) is 3. The Hall–Kier alpha value is -1.75. The van der Waals surface area contributed by atoms with Gasteiger partial charge < -0.3 is 29.5 Å². The number of carbonyl (C=O) groups excluding carboxylic acids is 3. The highest BCUT2D eigenvalue weighted by molar-refractivity contribution is 5.98. The molecule has 0 aromatic carbocycles. The minimum Gasteiger partial charge on any atom is -0.466 e. The lowest BCUT2D eigenvalue weighted by atomic mass is 9.71. The fraction of sp³-hybridized carbons (Fsp3) is 0.870. The van der Waals surface area contributed by atoms with Crippen LogP contribution in [0.5, 0.6) is 0 Å². The number of aliphatic hydroxyl groups excluding tert-OH is 1. The average molecular weight is 468 g/mol. The van der Waals surface area contributed by atoms with E-state index in [4.69, 9.17) is 14.2 Å². The predicted molar refractivity (Wildman–Crippen MR) is 117 cm³/mol. The van der Waals surface area contributed by atoms with Gasteiger partial charge in [0.05, 0.1) is 50.4 Å². The van der Waals surface area contributed by atoms with Gasteiger partial charge in [-0.3, -0.25) is 19.3 Å². The van der Waals surface area contributed by atoms with Crippen molar-refractivity contribution in [2.45, 2.75) is 57.4 Å². The Morgan fingerprint density at radius 2 is 2.03 bits per heavy atom. The summed E-state index contributed by atoms with van der Waals surface area (Å²) < 4.78 is 17.0. The van der Waals surface area contributed by atoms with Crippen LogP contribution in [0, 0.1) is 17.8 Å². The minimum absolute atomic E-state index is 0.0731. The van der Waals surface area contributed by atoms with Crippen LogP contribution in [0.4, 0.5) is 0 Å². The minimum atomic E-state index is -1.06. The number of hydrogen-bond acceptors (Lipinski definition) is 8. The van der Waals surface area contributed by atoms with Crippen LogP contribution in [-0.2, 0) is 28.6 Å². The first kappa shape index (κ1) is 24.4. The highest BCUT2D eigenvalue weighted by atomic mass is 16.6. The van der Waals surface area contributed by atoms with Crippen molar-refractivity contribution < 1.29 is 33.7 Å². The third kappa shape index (κ3) is 4.15. The molecule has 2 bridgehead atoms. The van der Waals surface area contributed by atoms with Crippen molar-refractivity contribution in [2.75, 3.05) is 52.6 Å². The van der Waals surface area contributed by atoms with Gasteiger partial charge in [0.1, 0.15) is 11.6 Å².